The van der Waals surface area contributed by atoms with Crippen LogP contribution in [0.4, 0.5) is 30.5 Å². The normalized spacial score (nSPS) is 14.1. The highest BCUT2D eigenvalue weighted by molar-refractivity contribution is 6.33. The van der Waals surface area contributed by atoms with Crippen LogP contribution >= 0.6 is 11.6 Å². The van der Waals surface area contributed by atoms with Crippen LogP contribution in [0, 0.1) is 0 Å². The lowest BCUT2D eigenvalue weighted by molar-refractivity contribution is -0.137. The smallest absolute Gasteiger partial charge is 0.383 e. The molecular formula is C26H28ClF3N8O2. The Morgan fingerprint density at radius 2 is 1.80 bits per heavy atom. The first kappa shape index (κ1) is 29.0. The predicted octanol–water partition coefficient (Wildman–Crippen LogP) is 3.52. The van der Waals surface area contributed by atoms with Gasteiger partial charge in [0.2, 0.25) is 11.8 Å². The molecule has 0 atom stereocenters. The van der Waals surface area contributed by atoms with Crippen molar-refractivity contribution in [2.24, 2.45) is 0 Å². The van der Waals surface area contributed by atoms with E-state index in [0.717, 1.165) is 23.5 Å². The summed E-state index contributed by atoms with van der Waals surface area (Å²) >= 11 is 6.08. The number of anilines is 3. The molecule has 14 heteroatoms. The van der Waals surface area contributed by atoms with Crippen LogP contribution in [0.25, 0.3) is 11.4 Å². The molecule has 40 heavy (non-hydrogen) atoms. The van der Waals surface area contributed by atoms with Crippen LogP contribution in [0.3, 0.4) is 0 Å². The molecule has 0 aliphatic carbocycles. The Kier molecular flexibility index (Phi) is 9.38. The van der Waals surface area contributed by atoms with Gasteiger partial charge in [0.15, 0.2) is 5.82 Å². The fourth-order valence-corrected chi connectivity index (χ4v) is 4.43. The van der Waals surface area contributed by atoms with Gasteiger partial charge in [-0.2, -0.15) is 13.2 Å². The summed E-state index contributed by atoms with van der Waals surface area (Å²) in [7, 11) is 0. The number of benzene rings is 1. The van der Waals surface area contributed by atoms with Crippen LogP contribution in [-0.2, 0) is 15.8 Å². The number of hydrogen-bond donors (Lipinski definition) is 3. The summed E-state index contributed by atoms with van der Waals surface area (Å²) < 4.78 is 38.7. The number of piperazine rings is 1. The van der Waals surface area contributed by atoms with E-state index in [1.165, 1.54) is 6.92 Å². The van der Waals surface area contributed by atoms with E-state index in [0.29, 0.717) is 50.9 Å². The lowest BCUT2D eigenvalue weighted by atomic mass is 10.1. The number of hydrogen-bond acceptors (Lipinski definition) is 8. The van der Waals surface area contributed by atoms with Gasteiger partial charge in [0.1, 0.15) is 11.6 Å². The van der Waals surface area contributed by atoms with Gasteiger partial charge in [-0.25, -0.2) is 15.0 Å². The van der Waals surface area contributed by atoms with E-state index in [-0.39, 0.29) is 29.2 Å². The minimum Gasteiger partial charge on any atom is -0.383 e. The average Bonchev–Trinajstić information content (AvgIpc) is 2.91. The summed E-state index contributed by atoms with van der Waals surface area (Å²) in [6.45, 7) is 4.45. The highest BCUT2D eigenvalue weighted by atomic mass is 35.5. The molecule has 3 heterocycles. The van der Waals surface area contributed by atoms with Gasteiger partial charge in [-0.05, 0) is 24.3 Å². The SMILES string of the molecule is CC(=O)NCCNc1ccccc1-c1nccc(NC(=O)CN2CCN(c3ncc(C(F)(F)F)cc3Cl)CC2)n1. The van der Waals surface area contributed by atoms with Crippen molar-refractivity contribution in [3.63, 3.8) is 0 Å². The van der Waals surface area contributed by atoms with Gasteiger partial charge in [-0.1, -0.05) is 23.7 Å². The lowest BCUT2D eigenvalue weighted by Gasteiger charge is -2.35. The monoisotopic (exact) mass is 576 g/mol. The fraction of sp³-hybridized carbons (Fsp3) is 0.346. The molecule has 212 valence electrons. The van der Waals surface area contributed by atoms with E-state index in [1.807, 2.05) is 29.2 Å². The molecule has 1 aliphatic rings. The van der Waals surface area contributed by atoms with Gasteiger partial charge in [0, 0.05) is 69.8 Å². The Labute approximate surface area is 234 Å². The maximum absolute atomic E-state index is 12.9. The van der Waals surface area contributed by atoms with Crippen molar-refractivity contribution >= 4 is 40.7 Å². The second-order valence-corrected chi connectivity index (χ2v) is 9.47. The van der Waals surface area contributed by atoms with Crippen molar-refractivity contribution in [3.8, 4) is 11.4 Å². The summed E-state index contributed by atoms with van der Waals surface area (Å²) in [6, 6.07) is 9.95. The van der Waals surface area contributed by atoms with E-state index in [1.54, 1.807) is 17.2 Å². The largest absolute Gasteiger partial charge is 0.417 e. The second kappa shape index (κ2) is 12.9. The van der Waals surface area contributed by atoms with Crippen molar-refractivity contribution in [2.75, 3.05) is 61.3 Å². The molecule has 0 saturated carbocycles. The van der Waals surface area contributed by atoms with Gasteiger partial charge in [0.05, 0.1) is 17.1 Å². The number of halogens is 4. The van der Waals surface area contributed by atoms with E-state index < -0.39 is 11.7 Å². The summed E-state index contributed by atoms with van der Waals surface area (Å²) in [5.74, 6) is 0.698. The number of carbonyl (C=O) groups excluding carboxylic acids is 2. The molecule has 1 aromatic carbocycles. The molecular weight excluding hydrogens is 549 g/mol. The number of rotatable bonds is 9. The molecule has 3 N–H and O–H groups in total. The molecule has 1 fully saturated rings. The topological polar surface area (TPSA) is 115 Å². The van der Waals surface area contributed by atoms with Crippen molar-refractivity contribution in [1.82, 2.24) is 25.2 Å². The molecule has 10 nitrogen and oxygen atoms in total. The van der Waals surface area contributed by atoms with Crippen molar-refractivity contribution < 1.29 is 22.8 Å². The zero-order chi connectivity index (χ0) is 28.7. The Bertz CT molecular complexity index is 1350. The van der Waals surface area contributed by atoms with Gasteiger partial charge < -0.3 is 20.9 Å². The molecule has 2 amide bonds. The third kappa shape index (κ3) is 7.79. The van der Waals surface area contributed by atoms with Crippen LogP contribution in [0.1, 0.15) is 12.5 Å². The summed E-state index contributed by atoms with van der Waals surface area (Å²) in [5, 5.41) is 8.72. The molecule has 1 saturated heterocycles. The van der Waals surface area contributed by atoms with Gasteiger partial charge in [-0.3, -0.25) is 14.5 Å². The first-order valence-electron chi connectivity index (χ1n) is 12.5. The standard InChI is InChI=1S/C26H28ClF3N8O2/c1-17(39)31-8-9-32-21-5-3-2-4-19(21)24-33-7-6-22(36-24)35-23(40)16-37-10-12-38(13-11-37)25-20(27)14-18(15-34-25)26(28,29)30/h2-7,14-15,32H,8-13,16H2,1H3,(H,31,39)(H,33,35,36,40). The van der Waals surface area contributed by atoms with Gasteiger partial charge in [-0.15, -0.1) is 0 Å². The zero-order valence-electron chi connectivity index (χ0n) is 21.6. The summed E-state index contributed by atoms with van der Waals surface area (Å²) in [4.78, 5) is 40.3. The summed E-state index contributed by atoms with van der Waals surface area (Å²) in [5.41, 5.74) is 0.635. The highest BCUT2D eigenvalue weighted by Gasteiger charge is 2.32. The van der Waals surface area contributed by atoms with Crippen molar-refractivity contribution in [3.05, 3.63) is 59.4 Å². The van der Waals surface area contributed by atoms with E-state index in [2.05, 4.69) is 30.9 Å². The third-order valence-corrected chi connectivity index (χ3v) is 6.37. The number of carbonyl (C=O) groups is 2. The number of nitrogens with one attached hydrogen (secondary N) is 3. The third-order valence-electron chi connectivity index (χ3n) is 6.09. The number of nitrogens with zero attached hydrogens (tertiary/aromatic N) is 5. The van der Waals surface area contributed by atoms with Crippen LogP contribution in [0.2, 0.25) is 5.02 Å². The first-order valence-corrected chi connectivity index (χ1v) is 12.9. The van der Waals surface area contributed by atoms with Crippen LogP contribution in [0.15, 0.2) is 48.8 Å². The van der Waals surface area contributed by atoms with E-state index in [9.17, 15) is 22.8 Å². The second-order valence-electron chi connectivity index (χ2n) is 9.06. The molecule has 0 unspecified atom stereocenters. The van der Waals surface area contributed by atoms with Crippen LogP contribution < -0.4 is 20.9 Å². The molecule has 1 aliphatic heterocycles. The minimum atomic E-state index is -4.51. The maximum Gasteiger partial charge on any atom is 0.417 e. The number of para-hydroxylation sites is 1. The van der Waals surface area contributed by atoms with Gasteiger partial charge in [0.25, 0.3) is 0 Å². The molecule has 0 radical (unpaired) electrons. The Morgan fingerprint density at radius 3 is 2.50 bits per heavy atom. The molecule has 0 spiro atoms. The quantitative estimate of drug-likeness (QED) is 0.332. The predicted molar refractivity (Wildman–Crippen MR) is 146 cm³/mol. The number of amides is 2. The molecule has 2 aromatic heterocycles. The van der Waals surface area contributed by atoms with E-state index >= 15 is 0 Å². The maximum atomic E-state index is 12.9. The first-order chi connectivity index (χ1) is 19.1. The lowest BCUT2D eigenvalue weighted by Crippen LogP contribution is -2.49. The van der Waals surface area contributed by atoms with E-state index in [4.69, 9.17) is 11.6 Å². The fourth-order valence-electron chi connectivity index (χ4n) is 4.15. The number of pyridine rings is 1. The Hall–Kier alpha value is -3.97. The Balaban J connectivity index is 1.31. The molecule has 3 aromatic rings. The van der Waals surface area contributed by atoms with Crippen LogP contribution in [-0.4, -0.2) is 77.5 Å². The molecule has 0 bridgehead atoms. The number of alkyl halides is 3. The molecule has 4 rings (SSSR count). The minimum absolute atomic E-state index is 0.0647. The van der Waals surface area contributed by atoms with Gasteiger partial charge >= 0.3 is 6.18 Å². The summed E-state index contributed by atoms with van der Waals surface area (Å²) in [6.07, 6.45) is -2.18. The average molecular weight is 577 g/mol. The number of aromatic nitrogens is 3. The zero-order valence-corrected chi connectivity index (χ0v) is 22.4. The van der Waals surface area contributed by atoms with Crippen molar-refractivity contribution in [1.29, 1.82) is 0 Å². The van der Waals surface area contributed by atoms with Crippen LogP contribution in [0.5, 0.6) is 0 Å². The van der Waals surface area contributed by atoms with Crippen molar-refractivity contribution in [2.45, 2.75) is 13.1 Å². The highest BCUT2D eigenvalue weighted by Crippen LogP contribution is 2.33. The Morgan fingerprint density at radius 1 is 1.05 bits per heavy atom.